The average Bonchev–Trinajstić information content (AvgIpc) is 2.75. The van der Waals surface area contributed by atoms with Gasteiger partial charge in [-0.05, 0) is 31.5 Å². The molecule has 8 heteroatoms. The Labute approximate surface area is 174 Å². The predicted molar refractivity (Wildman–Crippen MR) is 115 cm³/mol. The van der Waals surface area contributed by atoms with Crippen LogP contribution in [0.3, 0.4) is 0 Å². The maximum absolute atomic E-state index is 11.8. The molecule has 1 aliphatic rings. The monoisotopic (exact) mass is 405 g/mol. The predicted octanol–water partition coefficient (Wildman–Crippen LogP) is 0.801. The number of rotatable bonds is 11. The van der Waals surface area contributed by atoms with Crippen LogP contribution in [-0.2, 0) is 9.53 Å². The van der Waals surface area contributed by atoms with Crippen LogP contribution >= 0.6 is 0 Å². The average molecular weight is 406 g/mol. The molecule has 0 unspecified atom stereocenters. The first kappa shape index (κ1) is 23.0. The lowest BCUT2D eigenvalue weighted by atomic mass is 10.3. The summed E-state index contributed by atoms with van der Waals surface area (Å²) in [5.74, 6) is 1.52. The van der Waals surface area contributed by atoms with Gasteiger partial charge in [0, 0.05) is 40.3 Å². The molecule has 1 fully saturated rings. The minimum atomic E-state index is -0.0215. The number of hydrogen-bond donors (Lipinski definition) is 2. The molecule has 1 aromatic carbocycles. The number of likely N-dealkylation sites (N-methyl/N-ethyl adjacent to an activating group) is 1. The third-order valence-electron chi connectivity index (χ3n) is 4.54. The van der Waals surface area contributed by atoms with Gasteiger partial charge in [0.2, 0.25) is 5.91 Å². The summed E-state index contributed by atoms with van der Waals surface area (Å²) in [6, 6.07) is 9.78. The number of nitrogens with zero attached hydrogens (tertiary/aromatic N) is 3. The fraction of sp³-hybridized carbons (Fsp3) is 0.619. The fourth-order valence-corrected chi connectivity index (χ4v) is 2.78. The van der Waals surface area contributed by atoms with E-state index in [0.29, 0.717) is 12.6 Å². The topological polar surface area (TPSA) is 78.4 Å². The zero-order valence-electron chi connectivity index (χ0n) is 17.7. The van der Waals surface area contributed by atoms with Gasteiger partial charge in [0.1, 0.15) is 12.3 Å². The Morgan fingerprint density at radius 3 is 2.52 bits per heavy atom. The van der Waals surface area contributed by atoms with Gasteiger partial charge in [-0.25, -0.2) is 4.99 Å². The molecule has 0 aromatic heterocycles. The lowest BCUT2D eigenvalue weighted by molar-refractivity contribution is -0.127. The highest BCUT2D eigenvalue weighted by Crippen LogP contribution is 2.08. The van der Waals surface area contributed by atoms with Crippen molar-refractivity contribution in [1.82, 2.24) is 20.4 Å². The van der Waals surface area contributed by atoms with Gasteiger partial charge in [-0.1, -0.05) is 18.2 Å². The van der Waals surface area contributed by atoms with Crippen LogP contribution in [0.15, 0.2) is 35.3 Å². The van der Waals surface area contributed by atoms with Crippen molar-refractivity contribution >= 4 is 11.9 Å². The van der Waals surface area contributed by atoms with E-state index >= 15 is 0 Å². The molecule has 1 amide bonds. The molecule has 0 radical (unpaired) electrons. The number of amides is 1. The molecular weight excluding hydrogens is 370 g/mol. The van der Waals surface area contributed by atoms with Crippen LogP contribution in [-0.4, -0.2) is 94.9 Å². The third-order valence-corrected chi connectivity index (χ3v) is 4.54. The lowest BCUT2D eigenvalue weighted by Crippen LogP contribution is -2.41. The molecule has 29 heavy (non-hydrogen) atoms. The maximum atomic E-state index is 11.8. The van der Waals surface area contributed by atoms with Crippen molar-refractivity contribution in [3.8, 4) is 5.75 Å². The number of aliphatic imine (C=N–C) groups is 1. The van der Waals surface area contributed by atoms with Crippen LogP contribution in [0, 0.1) is 0 Å². The Morgan fingerprint density at radius 1 is 1.14 bits per heavy atom. The highest BCUT2D eigenvalue weighted by atomic mass is 16.5. The van der Waals surface area contributed by atoms with Gasteiger partial charge in [0.05, 0.1) is 19.8 Å². The molecule has 1 saturated heterocycles. The summed E-state index contributed by atoms with van der Waals surface area (Å²) in [5.41, 5.74) is 0. The Bertz CT molecular complexity index is 604. The van der Waals surface area contributed by atoms with Crippen LogP contribution < -0.4 is 15.4 Å². The van der Waals surface area contributed by atoms with Crippen LogP contribution in [0.5, 0.6) is 5.75 Å². The normalized spacial score (nSPS) is 15.0. The summed E-state index contributed by atoms with van der Waals surface area (Å²) in [5, 5.41) is 6.62. The fourth-order valence-electron chi connectivity index (χ4n) is 2.78. The second-order valence-electron chi connectivity index (χ2n) is 7.13. The van der Waals surface area contributed by atoms with Crippen molar-refractivity contribution in [2.75, 3.05) is 73.2 Å². The van der Waals surface area contributed by atoms with E-state index < -0.39 is 0 Å². The van der Waals surface area contributed by atoms with Crippen molar-refractivity contribution in [3.63, 3.8) is 0 Å². The number of benzene rings is 1. The summed E-state index contributed by atoms with van der Waals surface area (Å²) < 4.78 is 11.1. The Hall–Kier alpha value is -2.32. The number of para-hydroxylation sites is 1. The second-order valence-corrected chi connectivity index (χ2v) is 7.13. The van der Waals surface area contributed by atoms with Crippen molar-refractivity contribution in [2.45, 2.75) is 12.8 Å². The van der Waals surface area contributed by atoms with Crippen molar-refractivity contribution in [2.24, 2.45) is 4.99 Å². The molecule has 0 spiro atoms. The molecular formula is C21H35N5O3. The van der Waals surface area contributed by atoms with Gasteiger partial charge in [0.25, 0.3) is 0 Å². The number of morpholine rings is 1. The van der Waals surface area contributed by atoms with E-state index in [0.717, 1.165) is 64.5 Å². The van der Waals surface area contributed by atoms with Crippen LogP contribution in [0.2, 0.25) is 0 Å². The van der Waals surface area contributed by atoms with E-state index in [-0.39, 0.29) is 12.5 Å². The summed E-state index contributed by atoms with van der Waals surface area (Å²) in [4.78, 5) is 20.2. The SMILES string of the molecule is CN(C)C(=O)CN=C(NCCCOc1ccccc1)NCCCN1CCOCC1. The first-order valence-electron chi connectivity index (χ1n) is 10.4. The van der Waals surface area contributed by atoms with Gasteiger partial charge < -0.3 is 25.0 Å². The minimum absolute atomic E-state index is 0.0215. The molecule has 0 bridgehead atoms. The van der Waals surface area contributed by atoms with Gasteiger partial charge >= 0.3 is 0 Å². The van der Waals surface area contributed by atoms with Gasteiger partial charge in [0.15, 0.2) is 5.96 Å². The third kappa shape index (κ3) is 10.1. The van der Waals surface area contributed by atoms with E-state index in [1.165, 1.54) is 0 Å². The number of guanidine groups is 1. The molecule has 2 N–H and O–H groups in total. The molecule has 1 heterocycles. The lowest BCUT2D eigenvalue weighted by Gasteiger charge is -2.26. The van der Waals surface area contributed by atoms with Gasteiger partial charge in [-0.15, -0.1) is 0 Å². The molecule has 1 aromatic rings. The number of hydrogen-bond acceptors (Lipinski definition) is 5. The van der Waals surface area contributed by atoms with Gasteiger partial charge in [-0.3, -0.25) is 9.69 Å². The van der Waals surface area contributed by atoms with E-state index in [1.54, 1.807) is 19.0 Å². The van der Waals surface area contributed by atoms with E-state index in [1.807, 2.05) is 30.3 Å². The molecule has 0 aliphatic carbocycles. The highest BCUT2D eigenvalue weighted by molar-refractivity contribution is 5.84. The Morgan fingerprint density at radius 2 is 1.83 bits per heavy atom. The summed E-state index contributed by atoms with van der Waals surface area (Å²) >= 11 is 0. The number of carbonyl (C=O) groups is 1. The molecule has 1 aliphatic heterocycles. The smallest absolute Gasteiger partial charge is 0.243 e. The summed E-state index contributed by atoms with van der Waals surface area (Å²) in [7, 11) is 3.48. The van der Waals surface area contributed by atoms with Crippen LogP contribution in [0.25, 0.3) is 0 Å². The maximum Gasteiger partial charge on any atom is 0.243 e. The number of nitrogens with one attached hydrogen (secondary N) is 2. The van der Waals surface area contributed by atoms with E-state index in [2.05, 4.69) is 20.5 Å². The molecule has 2 rings (SSSR count). The zero-order valence-corrected chi connectivity index (χ0v) is 17.7. The molecule has 162 valence electrons. The summed E-state index contributed by atoms with van der Waals surface area (Å²) in [6.45, 7) is 6.95. The van der Waals surface area contributed by atoms with Crippen LogP contribution in [0.4, 0.5) is 0 Å². The highest BCUT2D eigenvalue weighted by Gasteiger charge is 2.09. The minimum Gasteiger partial charge on any atom is -0.494 e. The molecule has 0 atom stereocenters. The van der Waals surface area contributed by atoms with E-state index in [4.69, 9.17) is 9.47 Å². The number of carbonyl (C=O) groups excluding carboxylic acids is 1. The first-order chi connectivity index (χ1) is 14.1. The Balaban J connectivity index is 1.68. The zero-order chi connectivity index (χ0) is 20.7. The molecule has 0 saturated carbocycles. The second kappa shape index (κ2) is 13.8. The molecule has 8 nitrogen and oxygen atoms in total. The van der Waals surface area contributed by atoms with Crippen molar-refractivity contribution in [1.29, 1.82) is 0 Å². The summed E-state index contributed by atoms with van der Waals surface area (Å²) in [6.07, 6.45) is 1.85. The van der Waals surface area contributed by atoms with Crippen molar-refractivity contribution in [3.05, 3.63) is 30.3 Å². The largest absolute Gasteiger partial charge is 0.494 e. The number of ether oxygens (including phenoxy) is 2. The quantitative estimate of drug-likeness (QED) is 0.322. The van der Waals surface area contributed by atoms with Crippen LogP contribution in [0.1, 0.15) is 12.8 Å². The van der Waals surface area contributed by atoms with Crippen molar-refractivity contribution < 1.29 is 14.3 Å². The first-order valence-corrected chi connectivity index (χ1v) is 10.4. The van der Waals surface area contributed by atoms with Gasteiger partial charge in [-0.2, -0.15) is 0 Å². The Kier molecular flexibility index (Phi) is 10.9. The standard InChI is InChI=1S/C21H35N5O3/c1-25(2)20(27)18-24-21(22-10-6-12-26-13-16-28-17-14-26)23-11-7-15-29-19-8-4-3-5-9-19/h3-5,8-9H,6-7,10-18H2,1-2H3,(H2,22,23,24). The van der Waals surface area contributed by atoms with E-state index in [9.17, 15) is 4.79 Å².